The number of phosphoric acid groups is 2. The molecule has 0 N–H and O–H groups in total. The second-order valence-corrected chi connectivity index (χ2v) is 17.4. The van der Waals surface area contributed by atoms with Crippen LogP contribution in [0.25, 0.3) is 0 Å². The van der Waals surface area contributed by atoms with Crippen molar-refractivity contribution in [3.8, 4) is 12.3 Å². The molecule has 9 unspecified atom stereocenters. The van der Waals surface area contributed by atoms with Crippen molar-refractivity contribution in [3.63, 3.8) is 0 Å². The second-order valence-electron chi connectivity index (χ2n) is 14.4. The molecule has 1 aromatic heterocycles. The van der Waals surface area contributed by atoms with Crippen molar-refractivity contribution in [3.05, 3.63) is 11.9 Å². The minimum Gasteiger partial charge on any atom is -0.756 e. The third-order valence-corrected chi connectivity index (χ3v) is 11.7. The first-order chi connectivity index (χ1) is 30.3. The number of hydrogen-bond acceptors (Lipinski definition) is 23. The minimum atomic E-state index is -4.61. The molecule has 15 atom stereocenters. The number of rotatable bonds is 25. The van der Waals surface area contributed by atoms with Gasteiger partial charge in [0.15, 0.2) is 6.29 Å². The monoisotopic (exact) mass is 997 g/mol. The topological polar surface area (TPSA) is 284 Å². The van der Waals surface area contributed by atoms with Gasteiger partial charge in [0.1, 0.15) is 83.4 Å². The molecule has 3 fully saturated rings. The van der Waals surface area contributed by atoms with Gasteiger partial charge in [0.2, 0.25) is 0 Å². The van der Waals surface area contributed by atoms with Crippen LogP contribution in [0.5, 0.6) is 0 Å². The molecule has 0 amide bonds. The van der Waals surface area contributed by atoms with Crippen molar-refractivity contribution >= 4 is 43.3 Å². The molecule has 66 heavy (non-hydrogen) atoms. The van der Waals surface area contributed by atoms with Crippen LogP contribution in [0.2, 0.25) is 0 Å². The van der Waals surface area contributed by atoms with Gasteiger partial charge >= 0.3 is 71.1 Å². The van der Waals surface area contributed by atoms with E-state index in [0.29, 0.717) is 18.8 Å². The second kappa shape index (κ2) is 31.9. The van der Waals surface area contributed by atoms with Gasteiger partial charge in [-0.3, -0.25) is 18.7 Å². The molecule has 4 radical (unpaired) electrons. The molecular formula is C36H57B2N3Na2O21P2. The van der Waals surface area contributed by atoms with E-state index in [2.05, 4.69) is 25.3 Å². The first-order valence-electron chi connectivity index (χ1n) is 19.9. The van der Waals surface area contributed by atoms with Crippen LogP contribution in [0, 0.1) is 24.2 Å². The summed E-state index contributed by atoms with van der Waals surface area (Å²) in [7, 11) is 7.51. The van der Waals surface area contributed by atoms with Gasteiger partial charge in [-0.15, -0.1) is 11.5 Å². The van der Waals surface area contributed by atoms with Crippen molar-refractivity contribution in [2.45, 2.75) is 108 Å². The number of carbonyl (C=O) groups is 2. The fraction of sp³-hybridized carbons (Fsp3) is 0.833. The number of ether oxygens (including phenoxy) is 11. The van der Waals surface area contributed by atoms with Crippen LogP contribution in [-0.4, -0.2) is 184 Å². The summed E-state index contributed by atoms with van der Waals surface area (Å²) in [6.07, 6.45) is -0.451. The van der Waals surface area contributed by atoms with Crippen molar-refractivity contribution in [1.29, 1.82) is 0 Å². The number of aromatic nitrogens is 3. The van der Waals surface area contributed by atoms with Crippen LogP contribution >= 0.6 is 15.6 Å². The smallest absolute Gasteiger partial charge is 0.756 e. The largest absolute Gasteiger partial charge is 1.00 e. The molecule has 4 heterocycles. The van der Waals surface area contributed by atoms with Gasteiger partial charge in [0, 0.05) is 66.1 Å². The summed E-state index contributed by atoms with van der Waals surface area (Å²) in [5.74, 6) is 1.13. The molecular weight excluding hydrogens is 940 g/mol. The van der Waals surface area contributed by atoms with E-state index in [9.17, 15) is 28.5 Å². The normalized spacial score (nSPS) is 31.1. The zero-order valence-corrected chi connectivity index (χ0v) is 44.8. The summed E-state index contributed by atoms with van der Waals surface area (Å²) in [5.41, 5.74) is 0.462. The molecule has 4 rings (SSSR count). The molecule has 3 saturated heterocycles. The van der Waals surface area contributed by atoms with Gasteiger partial charge in [-0.25, -0.2) is 4.68 Å². The van der Waals surface area contributed by atoms with Gasteiger partial charge in [0.05, 0.1) is 52.4 Å². The van der Waals surface area contributed by atoms with Gasteiger partial charge in [-0.2, -0.15) is 0 Å². The van der Waals surface area contributed by atoms with E-state index in [1.165, 1.54) is 28.1 Å². The van der Waals surface area contributed by atoms with Crippen molar-refractivity contribution < 1.29 is 158 Å². The van der Waals surface area contributed by atoms with Crippen LogP contribution in [0.3, 0.4) is 0 Å². The van der Waals surface area contributed by atoms with E-state index in [4.69, 9.17) is 83.3 Å². The Hall–Kier alpha value is -0.370. The predicted octanol–water partition coefficient (Wildman–Crippen LogP) is -7.22. The summed E-state index contributed by atoms with van der Waals surface area (Å²) < 4.78 is 104. The summed E-state index contributed by atoms with van der Waals surface area (Å²) in [6.45, 7) is 7.63. The Morgan fingerprint density at radius 2 is 1.32 bits per heavy atom. The zero-order chi connectivity index (χ0) is 47.6. The van der Waals surface area contributed by atoms with Gasteiger partial charge in [0.25, 0.3) is 15.6 Å². The van der Waals surface area contributed by atoms with Gasteiger partial charge < -0.3 is 80.0 Å². The molecule has 24 nitrogen and oxygen atoms in total. The van der Waals surface area contributed by atoms with E-state index in [-0.39, 0.29) is 117 Å². The number of phosphoric ester groups is 2. The van der Waals surface area contributed by atoms with Crippen LogP contribution in [0.1, 0.15) is 33.4 Å². The fourth-order valence-electron chi connectivity index (χ4n) is 6.61. The van der Waals surface area contributed by atoms with Crippen LogP contribution in [0.4, 0.5) is 0 Å². The summed E-state index contributed by atoms with van der Waals surface area (Å²) in [6, 6.07) is -1.84. The van der Waals surface area contributed by atoms with Gasteiger partial charge in [-0.1, -0.05) is 25.0 Å². The summed E-state index contributed by atoms with van der Waals surface area (Å²) in [5, 5.41) is 8.11. The summed E-state index contributed by atoms with van der Waals surface area (Å²) in [4.78, 5) is 46.2. The Labute approximate surface area is 431 Å². The summed E-state index contributed by atoms with van der Waals surface area (Å²) >= 11 is 0. The standard InChI is InChI=1S/C26H43BN3O14P.C10H16BO7P.2Na/c1-15-16(2)26(43-21(14-39-17(3)31)22(15)41-18(4)32)38-10-9-37-8-7-30-11-19(28-29-30)12-40-24-23(44-45(33,34)36-6)20(13-35-5)42-25(24)27;1-4-5-16-9-8(18-19(12,13)15-3)7(6-14-2)17-10(9)11;;/h11,15-16,20-26H,7-10,12-14H2,1-6H3,(H,33,34);1,7-10H,5-6H2,2-3H3,(H,12,13);;/q;;2*+1/p-2/t15?,16?,20-,21?,22?,23?,24+,25-,26?;7-,8?,9+,10-;;/m11../s1. The maximum Gasteiger partial charge on any atom is 1.00 e. The Morgan fingerprint density at radius 1 is 0.773 bits per heavy atom. The third-order valence-electron chi connectivity index (χ3n) is 9.85. The van der Waals surface area contributed by atoms with E-state index in [1.54, 1.807) is 10.9 Å². The van der Waals surface area contributed by atoms with Crippen molar-refractivity contribution in [2.24, 2.45) is 11.8 Å². The molecule has 0 bridgehead atoms. The molecule has 30 heteroatoms. The number of terminal acetylenes is 1. The Kier molecular flexibility index (Phi) is 30.7. The average molecular weight is 997 g/mol. The van der Waals surface area contributed by atoms with E-state index in [0.717, 1.165) is 14.2 Å². The Balaban J connectivity index is 0.000000872. The zero-order valence-electron chi connectivity index (χ0n) is 39.0. The van der Waals surface area contributed by atoms with E-state index < -0.39 is 94.7 Å². The average Bonchev–Trinajstić information content (AvgIpc) is 3.90. The van der Waals surface area contributed by atoms with Crippen molar-refractivity contribution in [2.75, 3.05) is 74.7 Å². The molecule has 3 aliphatic rings. The number of carbonyl (C=O) groups excluding carboxylic acids is 2. The fourth-order valence-corrected chi connectivity index (χ4v) is 7.89. The van der Waals surface area contributed by atoms with Crippen LogP contribution < -0.4 is 68.9 Å². The molecule has 360 valence electrons. The van der Waals surface area contributed by atoms with Crippen molar-refractivity contribution in [1.82, 2.24) is 15.0 Å². The van der Waals surface area contributed by atoms with Crippen LogP contribution in [-0.2, 0) is 102 Å². The first-order valence-corrected chi connectivity index (χ1v) is 22.8. The molecule has 0 saturated carbocycles. The molecule has 0 aromatic carbocycles. The molecule has 0 aliphatic carbocycles. The number of nitrogens with zero attached hydrogens (tertiary/aromatic N) is 3. The Bertz CT molecular complexity index is 1730. The maximum atomic E-state index is 11.9. The van der Waals surface area contributed by atoms with E-state index >= 15 is 0 Å². The Morgan fingerprint density at radius 3 is 1.82 bits per heavy atom. The van der Waals surface area contributed by atoms with Gasteiger partial charge in [-0.05, 0) is 0 Å². The van der Waals surface area contributed by atoms with Crippen LogP contribution in [0.15, 0.2) is 6.20 Å². The molecule has 0 spiro atoms. The number of esters is 2. The molecule has 3 aliphatic heterocycles. The molecule has 1 aromatic rings. The SMILES string of the molecule is [B][C@@H]1O[C@H](COC)C(OP(=O)([O-])OC)[C@@H]1OCC#C.[B][C@@H]1O[C@H](COC)C(OP(=O)([O-])OC)[C@@H]1OCc1cn(CCOCCOC2OC(COC(C)=O)C(OC(C)=O)C(C)C2C)nn1.[Na+].[Na+]. The third kappa shape index (κ3) is 20.8. The predicted molar refractivity (Wildman–Crippen MR) is 215 cm³/mol. The maximum absolute atomic E-state index is 11.9. The number of hydrogen-bond donors (Lipinski definition) is 0. The minimum absolute atomic E-state index is 0. The first kappa shape index (κ1) is 63.6. The van der Waals surface area contributed by atoms with E-state index in [1.807, 2.05) is 13.8 Å². The quantitative estimate of drug-likeness (QED) is 0.0289. The number of methoxy groups -OCH3 is 2.